The molecule has 8 heteroatoms. The highest BCUT2D eigenvalue weighted by atomic mass is 16.5. The number of hydrogen-bond donors (Lipinski definition) is 0. The lowest BCUT2D eigenvalue weighted by Gasteiger charge is -2.19. The van der Waals surface area contributed by atoms with Crippen LogP contribution in [0.4, 0.5) is 0 Å². The van der Waals surface area contributed by atoms with Gasteiger partial charge in [0.1, 0.15) is 17.0 Å². The second-order valence-corrected chi connectivity index (χ2v) is 9.47. The summed E-state index contributed by atoms with van der Waals surface area (Å²) in [5, 5.41) is 4.04. The Balaban J connectivity index is 1.31. The van der Waals surface area contributed by atoms with Crippen LogP contribution in [0.2, 0.25) is 0 Å². The minimum absolute atomic E-state index is 0.165. The third-order valence-electron chi connectivity index (χ3n) is 6.43. The van der Waals surface area contributed by atoms with Crippen LogP contribution in [0.1, 0.15) is 44.0 Å². The largest absolute Gasteiger partial charge is 0.457 e. The zero-order valence-corrected chi connectivity index (χ0v) is 20.7. The van der Waals surface area contributed by atoms with Gasteiger partial charge in [0.15, 0.2) is 11.4 Å². The number of para-hydroxylation sites is 2. The lowest BCUT2D eigenvalue weighted by atomic mass is 10.1. The highest BCUT2D eigenvalue weighted by Gasteiger charge is 2.22. The first-order valence-corrected chi connectivity index (χ1v) is 12.4. The van der Waals surface area contributed by atoms with Gasteiger partial charge in [0, 0.05) is 42.1 Å². The van der Waals surface area contributed by atoms with Gasteiger partial charge in [-0.2, -0.15) is 4.98 Å². The molecule has 1 saturated heterocycles. The molecule has 1 aliphatic heterocycles. The van der Waals surface area contributed by atoms with Gasteiger partial charge in [-0.25, -0.2) is 4.98 Å². The van der Waals surface area contributed by atoms with E-state index in [0.29, 0.717) is 42.1 Å². The van der Waals surface area contributed by atoms with Crippen molar-refractivity contribution in [2.75, 3.05) is 6.54 Å². The lowest BCUT2D eigenvalue weighted by Crippen LogP contribution is -2.24. The molecule has 0 saturated carbocycles. The van der Waals surface area contributed by atoms with Crippen molar-refractivity contribution in [1.29, 1.82) is 0 Å². The SMILES string of the molecule is CC(C)c1noc(-c2ccc(Oc3cc(-c4nc5ccccc5o4)ccc3CN3CCCC3=O)cc2)n1. The summed E-state index contributed by atoms with van der Waals surface area (Å²) < 4.78 is 17.7. The standard InChI is InChI=1S/C29H26N4O4/c1-18(2)27-31-29(37-32-27)19-11-13-22(14-12-19)35-25-16-20(28-30-23-6-3-4-7-24(23)36-28)9-10-21(25)17-33-15-5-8-26(33)34/h3-4,6-7,9-14,16,18H,5,8,15,17H2,1-2H3. The average Bonchev–Trinajstić information content (AvgIpc) is 3.65. The lowest BCUT2D eigenvalue weighted by molar-refractivity contribution is -0.128. The number of hydrogen-bond acceptors (Lipinski definition) is 7. The van der Waals surface area contributed by atoms with E-state index < -0.39 is 0 Å². The van der Waals surface area contributed by atoms with E-state index >= 15 is 0 Å². The summed E-state index contributed by atoms with van der Waals surface area (Å²) >= 11 is 0. The van der Waals surface area contributed by atoms with E-state index in [9.17, 15) is 4.79 Å². The summed E-state index contributed by atoms with van der Waals surface area (Å²) in [6, 6.07) is 21.0. The molecular formula is C29H26N4O4. The van der Waals surface area contributed by atoms with Crippen LogP contribution in [0.3, 0.4) is 0 Å². The number of amides is 1. The topological polar surface area (TPSA) is 94.5 Å². The molecular weight excluding hydrogens is 468 g/mol. The molecule has 0 bridgehead atoms. The van der Waals surface area contributed by atoms with Crippen LogP contribution >= 0.6 is 0 Å². The van der Waals surface area contributed by atoms with E-state index in [4.69, 9.17) is 13.7 Å². The van der Waals surface area contributed by atoms with Crippen LogP contribution in [0.25, 0.3) is 34.0 Å². The number of carbonyl (C=O) groups is 1. The Morgan fingerprint density at radius 1 is 0.973 bits per heavy atom. The number of rotatable bonds is 7. The molecule has 0 atom stereocenters. The predicted molar refractivity (Wildman–Crippen MR) is 138 cm³/mol. The number of likely N-dealkylation sites (tertiary alicyclic amines) is 1. The number of fused-ring (bicyclic) bond motifs is 1. The average molecular weight is 495 g/mol. The van der Waals surface area contributed by atoms with E-state index in [1.165, 1.54) is 0 Å². The van der Waals surface area contributed by atoms with Crippen molar-refractivity contribution < 1.29 is 18.5 Å². The Labute approximate surface area is 213 Å². The number of oxazole rings is 1. The Bertz CT molecular complexity index is 1540. The minimum atomic E-state index is 0.165. The molecule has 1 amide bonds. The fraction of sp³-hybridized carbons (Fsp3) is 0.241. The van der Waals surface area contributed by atoms with Crippen LogP contribution in [0.15, 0.2) is 75.7 Å². The van der Waals surface area contributed by atoms with Crippen LogP contribution in [0.5, 0.6) is 11.5 Å². The Morgan fingerprint density at radius 2 is 1.78 bits per heavy atom. The molecule has 0 spiro atoms. The van der Waals surface area contributed by atoms with Gasteiger partial charge in [-0.3, -0.25) is 4.79 Å². The third kappa shape index (κ3) is 4.70. The highest BCUT2D eigenvalue weighted by molar-refractivity contribution is 5.78. The molecule has 6 rings (SSSR count). The van der Waals surface area contributed by atoms with Crippen molar-refractivity contribution in [2.24, 2.45) is 0 Å². The molecule has 0 radical (unpaired) electrons. The maximum Gasteiger partial charge on any atom is 0.257 e. The van der Waals surface area contributed by atoms with Gasteiger partial charge >= 0.3 is 0 Å². The van der Waals surface area contributed by atoms with E-state index in [1.807, 2.05) is 85.5 Å². The Morgan fingerprint density at radius 3 is 2.51 bits per heavy atom. The molecule has 3 heterocycles. The molecule has 5 aromatic rings. The van der Waals surface area contributed by atoms with Gasteiger partial charge in [0.25, 0.3) is 5.89 Å². The van der Waals surface area contributed by atoms with Gasteiger partial charge in [0.2, 0.25) is 11.8 Å². The number of benzene rings is 3. The molecule has 2 aromatic heterocycles. The predicted octanol–water partition coefficient (Wildman–Crippen LogP) is 6.58. The van der Waals surface area contributed by atoms with Crippen molar-refractivity contribution in [1.82, 2.24) is 20.0 Å². The van der Waals surface area contributed by atoms with E-state index in [-0.39, 0.29) is 11.8 Å². The highest BCUT2D eigenvalue weighted by Crippen LogP contribution is 2.34. The first-order chi connectivity index (χ1) is 18.0. The van der Waals surface area contributed by atoms with Crippen LogP contribution in [0, 0.1) is 0 Å². The number of nitrogens with zero attached hydrogens (tertiary/aromatic N) is 4. The van der Waals surface area contributed by atoms with Crippen LogP contribution < -0.4 is 4.74 Å². The summed E-state index contributed by atoms with van der Waals surface area (Å²) in [4.78, 5) is 23.2. The summed E-state index contributed by atoms with van der Waals surface area (Å²) in [6.45, 7) is 5.28. The molecule has 1 fully saturated rings. The molecule has 8 nitrogen and oxygen atoms in total. The second kappa shape index (κ2) is 9.54. The van der Waals surface area contributed by atoms with Gasteiger partial charge in [-0.05, 0) is 55.0 Å². The minimum Gasteiger partial charge on any atom is -0.457 e. The van der Waals surface area contributed by atoms with Crippen molar-refractivity contribution >= 4 is 17.0 Å². The number of ether oxygens (including phenoxy) is 1. The summed E-state index contributed by atoms with van der Waals surface area (Å²) in [6.07, 6.45) is 1.47. The molecule has 1 aliphatic rings. The first-order valence-electron chi connectivity index (χ1n) is 12.4. The van der Waals surface area contributed by atoms with Gasteiger partial charge < -0.3 is 18.6 Å². The van der Waals surface area contributed by atoms with Crippen LogP contribution in [-0.4, -0.2) is 32.5 Å². The zero-order chi connectivity index (χ0) is 25.4. The summed E-state index contributed by atoms with van der Waals surface area (Å²) in [5.74, 6) is 3.31. The second-order valence-electron chi connectivity index (χ2n) is 9.47. The quantitative estimate of drug-likeness (QED) is 0.252. The Kier molecular flexibility index (Phi) is 5.92. The molecule has 0 N–H and O–H groups in total. The van der Waals surface area contributed by atoms with Crippen molar-refractivity contribution in [3.05, 3.63) is 78.1 Å². The Hall–Kier alpha value is -4.46. The first kappa shape index (κ1) is 23.0. The number of carbonyl (C=O) groups excluding carboxylic acids is 1. The maximum absolute atomic E-state index is 12.3. The monoisotopic (exact) mass is 494 g/mol. The fourth-order valence-electron chi connectivity index (χ4n) is 4.36. The molecule has 37 heavy (non-hydrogen) atoms. The maximum atomic E-state index is 12.3. The molecule has 0 aliphatic carbocycles. The molecule has 186 valence electrons. The molecule has 3 aromatic carbocycles. The normalized spacial score (nSPS) is 13.7. The van der Waals surface area contributed by atoms with E-state index in [0.717, 1.165) is 40.8 Å². The van der Waals surface area contributed by atoms with Crippen molar-refractivity contribution in [2.45, 2.75) is 39.2 Å². The van der Waals surface area contributed by atoms with E-state index in [2.05, 4.69) is 15.1 Å². The third-order valence-corrected chi connectivity index (χ3v) is 6.43. The van der Waals surface area contributed by atoms with Gasteiger partial charge in [-0.15, -0.1) is 0 Å². The van der Waals surface area contributed by atoms with Crippen LogP contribution in [-0.2, 0) is 11.3 Å². The number of aromatic nitrogens is 3. The summed E-state index contributed by atoms with van der Waals surface area (Å²) in [7, 11) is 0. The van der Waals surface area contributed by atoms with Crippen molar-refractivity contribution in [3.8, 4) is 34.4 Å². The van der Waals surface area contributed by atoms with Gasteiger partial charge in [0.05, 0.1) is 0 Å². The molecule has 0 unspecified atom stereocenters. The smallest absolute Gasteiger partial charge is 0.257 e. The summed E-state index contributed by atoms with van der Waals surface area (Å²) in [5.41, 5.74) is 4.05. The zero-order valence-electron chi connectivity index (χ0n) is 20.7. The van der Waals surface area contributed by atoms with Crippen molar-refractivity contribution in [3.63, 3.8) is 0 Å². The van der Waals surface area contributed by atoms with E-state index in [1.54, 1.807) is 0 Å². The van der Waals surface area contributed by atoms with Gasteiger partial charge in [-0.1, -0.05) is 37.2 Å². The fourth-order valence-corrected chi connectivity index (χ4v) is 4.36.